The van der Waals surface area contributed by atoms with Crippen molar-refractivity contribution >= 4 is 10.9 Å². The summed E-state index contributed by atoms with van der Waals surface area (Å²) in [5, 5.41) is 4.88. The highest BCUT2D eigenvalue weighted by Gasteiger charge is 2.19. The van der Waals surface area contributed by atoms with Crippen LogP contribution in [0.2, 0.25) is 0 Å². The molecule has 90 valence electrons. The molecule has 1 unspecified atom stereocenters. The molecule has 3 rings (SSSR count). The van der Waals surface area contributed by atoms with Crippen molar-refractivity contribution in [3.05, 3.63) is 35.0 Å². The molecule has 1 fully saturated rings. The molecule has 1 aliphatic heterocycles. The molecule has 1 atom stereocenters. The van der Waals surface area contributed by atoms with Crippen molar-refractivity contribution in [1.82, 2.24) is 10.3 Å². The van der Waals surface area contributed by atoms with Gasteiger partial charge in [0, 0.05) is 29.1 Å². The second-order valence-corrected chi connectivity index (χ2v) is 5.26. The Balaban J connectivity index is 2.07. The average molecular weight is 228 g/mol. The van der Waals surface area contributed by atoms with Gasteiger partial charge in [-0.2, -0.15) is 0 Å². The lowest BCUT2D eigenvalue weighted by Crippen LogP contribution is -2.28. The quantitative estimate of drug-likeness (QED) is 0.770. The van der Waals surface area contributed by atoms with Crippen LogP contribution in [-0.2, 0) is 0 Å². The van der Waals surface area contributed by atoms with E-state index in [1.54, 1.807) is 0 Å². The summed E-state index contributed by atoms with van der Waals surface area (Å²) in [4.78, 5) is 3.63. The van der Waals surface area contributed by atoms with Crippen molar-refractivity contribution in [3.8, 4) is 0 Å². The summed E-state index contributed by atoms with van der Waals surface area (Å²) < 4.78 is 0. The number of fused-ring (bicyclic) bond motifs is 1. The van der Waals surface area contributed by atoms with Gasteiger partial charge in [-0.3, -0.25) is 0 Å². The number of nitrogens with one attached hydrogen (secondary N) is 2. The lowest BCUT2D eigenvalue weighted by Gasteiger charge is -2.22. The first-order chi connectivity index (χ1) is 8.25. The molecule has 17 heavy (non-hydrogen) atoms. The fraction of sp³-hybridized carbons (Fsp3) is 0.467. The first-order valence-corrected chi connectivity index (χ1v) is 6.55. The smallest absolute Gasteiger partial charge is 0.0461 e. The average Bonchev–Trinajstić information content (AvgIpc) is 2.67. The number of piperidine rings is 1. The summed E-state index contributed by atoms with van der Waals surface area (Å²) in [6.07, 6.45) is 2.60. The van der Waals surface area contributed by atoms with Gasteiger partial charge in [0.2, 0.25) is 0 Å². The van der Waals surface area contributed by atoms with Crippen molar-refractivity contribution in [3.63, 3.8) is 0 Å². The Morgan fingerprint density at radius 1 is 1.24 bits per heavy atom. The van der Waals surface area contributed by atoms with Gasteiger partial charge >= 0.3 is 0 Å². The molecule has 0 spiro atoms. The number of H-pyrrole nitrogens is 1. The Hall–Kier alpha value is -1.28. The molecule has 0 amide bonds. The Labute approximate surface area is 102 Å². The van der Waals surface area contributed by atoms with Crippen LogP contribution in [0.5, 0.6) is 0 Å². The van der Waals surface area contributed by atoms with Crippen LogP contribution < -0.4 is 5.32 Å². The van der Waals surface area contributed by atoms with E-state index in [9.17, 15) is 0 Å². The van der Waals surface area contributed by atoms with Gasteiger partial charge in [-0.25, -0.2) is 0 Å². The molecule has 1 saturated heterocycles. The van der Waals surface area contributed by atoms with Crippen LogP contribution in [-0.4, -0.2) is 18.1 Å². The van der Waals surface area contributed by atoms with Gasteiger partial charge in [-0.1, -0.05) is 12.1 Å². The standard InChI is InChI=1S/C15H20N2/c1-10-5-6-13-11(2)15(17-14(13)8-10)12-4-3-7-16-9-12/h5-6,8,12,16-17H,3-4,7,9H2,1-2H3. The zero-order valence-electron chi connectivity index (χ0n) is 10.6. The Bertz CT molecular complexity index is 533. The van der Waals surface area contributed by atoms with E-state index in [1.807, 2.05) is 0 Å². The monoisotopic (exact) mass is 228 g/mol. The molecule has 2 heteroatoms. The van der Waals surface area contributed by atoms with E-state index < -0.39 is 0 Å². The van der Waals surface area contributed by atoms with Crippen LogP contribution in [0, 0.1) is 13.8 Å². The molecule has 1 aromatic heterocycles. The first kappa shape index (κ1) is 10.8. The summed E-state index contributed by atoms with van der Waals surface area (Å²) in [6.45, 7) is 6.69. The minimum absolute atomic E-state index is 0.663. The SMILES string of the molecule is Cc1ccc2c(C)c(C3CCCNC3)[nH]c2c1. The third kappa shape index (κ3) is 1.87. The molecule has 2 nitrogen and oxygen atoms in total. The van der Waals surface area contributed by atoms with Crippen LogP contribution in [0.3, 0.4) is 0 Å². The van der Waals surface area contributed by atoms with Crippen molar-refractivity contribution in [2.45, 2.75) is 32.6 Å². The van der Waals surface area contributed by atoms with Crippen LogP contribution in [0.25, 0.3) is 10.9 Å². The van der Waals surface area contributed by atoms with Gasteiger partial charge in [-0.15, -0.1) is 0 Å². The van der Waals surface area contributed by atoms with Gasteiger partial charge in [0.05, 0.1) is 0 Å². The second kappa shape index (κ2) is 4.19. The molecule has 0 aliphatic carbocycles. The molecule has 2 aromatic rings. The summed E-state index contributed by atoms with van der Waals surface area (Å²) in [6, 6.07) is 6.70. The second-order valence-electron chi connectivity index (χ2n) is 5.26. The Morgan fingerprint density at radius 3 is 2.88 bits per heavy atom. The number of hydrogen-bond donors (Lipinski definition) is 2. The molecule has 2 N–H and O–H groups in total. The third-order valence-corrected chi connectivity index (χ3v) is 3.96. The van der Waals surface area contributed by atoms with Crippen molar-refractivity contribution < 1.29 is 0 Å². The van der Waals surface area contributed by atoms with E-state index >= 15 is 0 Å². The highest BCUT2D eigenvalue weighted by Crippen LogP contribution is 2.30. The molecule has 1 aliphatic rings. The fourth-order valence-electron chi connectivity index (χ4n) is 2.98. The predicted molar refractivity (Wildman–Crippen MR) is 72.6 cm³/mol. The van der Waals surface area contributed by atoms with Crippen molar-refractivity contribution in [2.75, 3.05) is 13.1 Å². The van der Waals surface area contributed by atoms with Gasteiger partial charge < -0.3 is 10.3 Å². The molecule has 2 heterocycles. The lowest BCUT2D eigenvalue weighted by atomic mass is 9.93. The molecule has 0 bridgehead atoms. The minimum atomic E-state index is 0.663. The Kier molecular flexibility index (Phi) is 2.67. The first-order valence-electron chi connectivity index (χ1n) is 6.55. The van der Waals surface area contributed by atoms with Crippen LogP contribution in [0.4, 0.5) is 0 Å². The molecule has 1 aromatic carbocycles. The lowest BCUT2D eigenvalue weighted by molar-refractivity contribution is 0.455. The molecule has 0 radical (unpaired) electrons. The zero-order valence-corrected chi connectivity index (χ0v) is 10.6. The summed E-state index contributed by atoms with van der Waals surface area (Å²) in [5.74, 6) is 0.663. The molecular weight excluding hydrogens is 208 g/mol. The zero-order chi connectivity index (χ0) is 11.8. The normalized spacial score (nSPS) is 20.9. The summed E-state index contributed by atoms with van der Waals surface area (Å²) in [5.41, 5.74) is 5.50. The number of aromatic nitrogens is 1. The number of aryl methyl sites for hydroxylation is 2. The van der Waals surface area contributed by atoms with E-state index in [2.05, 4.69) is 42.3 Å². The summed E-state index contributed by atoms with van der Waals surface area (Å²) >= 11 is 0. The van der Waals surface area contributed by atoms with Crippen LogP contribution in [0.15, 0.2) is 18.2 Å². The van der Waals surface area contributed by atoms with Crippen LogP contribution >= 0.6 is 0 Å². The predicted octanol–water partition coefficient (Wildman–Crippen LogP) is 3.25. The van der Waals surface area contributed by atoms with E-state index in [-0.39, 0.29) is 0 Å². The topological polar surface area (TPSA) is 27.8 Å². The van der Waals surface area contributed by atoms with Crippen molar-refractivity contribution in [1.29, 1.82) is 0 Å². The fourth-order valence-corrected chi connectivity index (χ4v) is 2.98. The maximum atomic E-state index is 3.63. The van der Waals surface area contributed by atoms with E-state index in [4.69, 9.17) is 0 Å². The van der Waals surface area contributed by atoms with E-state index in [1.165, 1.54) is 47.1 Å². The molecular formula is C15H20N2. The van der Waals surface area contributed by atoms with Crippen LogP contribution in [0.1, 0.15) is 35.6 Å². The third-order valence-electron chi connectivity index (χ3n) is 3.96. The highest BCUT2D eigenvalue weighted by molar-refractivity contribution is 5.85. The number of aromatic amines is 1. The number of benzene rings is 1. The maximum Gasteiger partial charge on any atom is 0.0461 e. The largest absolute Gasteiger partial charge is 0.358 e. The minimum Gasteiger partial charge on any atom is -0.358 e. The highest BCUT2D eigenvalue weighted by atomic mass is 14.9. The van der Waals surface area contributed by atoms with E-state index in [0.29, 0.717) is 5.92 Å². The van der Waals surface area contributed by atoms with Crippen molar-refractivity contribution in [2.24, 2.45) is 0 Å². The maximum absolute atomic E-state index is 3.63. The van der Waals surface area contributed by atoms with Gasteiger partial charge in [0.15, 0.2) is 0 Å². The Morgan fingerprint density at radius 2 is 2.12 bits per heavy atom. The van der Waals surface area contributed by atoms with Gasteiger partial charge in [0.25, 0.3) is 0 Å². The van der Waals surface area contributed by atoms with Gasteiger partial charge in [-0.05, 0) is 50.4 Å². The summed E-state index contributed by atoms with van der Waals surface area (Å²) in [7, 11) is 0. The van der Waals surface area contributed by atoms with E-state index in [0.717, 1.165) is 6.54 Å². The molecule has 0 saturated carbocycles. The number of rotatable bonds is 1. The number of hydrogen-bond acceptors (Lipinski definition) is 1. The van der Waals surface area contributed by atoms with Gasteiger partial charge in [0.1, 0.15) is 0 Å².